The van der Waals surface area contributed by atoms with E-state index in [9.17, 15) is 14.4 Å². The van der Waals surface area contributed by atoms with Crippen LogP contribution in [0.4, 0.5) is 5.69 Å². The van der Waals surface area contributed by atoms with Crippen LogP contribution in [0.25, 0.3) is 0 Å². The number of aliphatic imine (C=N–C) groups is 1. The lowest BCUT2D eigenvalue weighted by atomic mass is 10.1. The zero-order valence-electron chi connectivity index (χ0n) is 12.8. The fraction of sp³-hybridized carbons (Fsp3) is 0.167. The summed E-state index contributed by atoms with van der Waals surface area (Å²) in [5.41, 5.74) is 2.20. The van der Waals surface area contributed by atoms with Gasteiger partial charge in [-0.15, -0.1) is 0 Å². The molecule has 0 heterocycles. The molecule has 23 heavy (non-hydrogen) atoms. The van der Waals surface area contributed by atoms with Crippen molar-refractivity contribution >= 4 is 23.5 Å². The Morgan fingerprint density at radius 2 is 1.57 bits per heavy atom. The van der Waals surface area contributed by atoms with Gasteiger partial charge in [-0.3, -0.25) is 4.79 Å². The number of benzene rings is 2. The Labute approximate surface area is 133 Å². The van der Waals surface area contributed by atoms with Crippen LogP contribution in [0.15, 0.2) is 53.5 Å². The van der Waals surface area contributed by atoms with Crippen molar-refractivity contribution in [1.82, 2.24) is 0 Å². The summed E-state index contributed by atoms with van der Waals surface area (Å²) in [5, 5.41) is 0. The Bertz CT molecular complexity index is 757. The van der Waals surface area contributed by atoms with E-state index in [1.54, 1.807) is 12.1 Å². The van der Waals surface area contributed by atoms with Gasteiger partial charge in [-0.25, -0.2) is 9.59 Å². The number of ether oxygens (including phenoxy) is 1. The molecule has 0 saturated heterocycles. The summed E-state index contributed by atoms with van der Waals surface area (Å²) < 4.78 is 5.19. The highest BCUT2D eigenvalue weighted by molar-refractivity contribution is 6.01. The van der Waals surface area contributed by atoms with Gasteiger partial charge >= 0.3 is 5.97 Å². The van der Waals surface area contributed by atoms with Crippen LogP contribution >= 0.6 is 0 Å². The molecule has 2 aromatic rings. The highest BCUT2D eigenvalue weighted by atomic mass is 16.5. The Balaban J connectivity index is 2.05. The van der Waals surface area contributed by atoms with Crippen molar-refractivity contribution in [2.45, 2.75) is 20.0 Å². The fourth-order valence-electron chi connectivity index (χ4n) is 1.96. The maximum absolute atomic E-state index is 12.2. The van der Waals surface area contributed by atoms with E-state index in [-0.39, 0.29) is 11.3 Å². The lowest BCUT2D eigenvalue weighted by Crippen LogP contribution is -2.24. The molecule has 1 unspecified atom stereocenters. The van der Waals surface area contributed by atoms with E-state index in [0.29, 0.717) is 11.3 Å². The van der Waals surface area contributed by atoms with Crippen molar-refractivity contribution < 1.29 is 19.1 Å². The number of nitrogens with zero attached hydrogens (tertiary/aromatic N) is 1. The molecule has 0 aromatic heterocycles. The molecule has 0 aliphatic heterocycles. The van der Waals surface area contributed by atoms with Crippen LogP contribution in [0, 0.1) is 6.92 Å². The van der Waals surface area contributed by atoms with E-state index >= 15 is 0 Å². The summed E-state index contributed by atoms with van der Waals surface area (Å²) in [7, 11) is 0. The van der Waals surface area contributed by atoms with Gasteiger partial charge in [0.05, 0.1) is 11.3 Å². The molecule has 0 fully saturated rings. The van der Waals surface area contributed by atoms with Gasteiger partial charge < -0.3 is 4.74 Å². The predicted molar refractivity (Wildman–Crippen MR) is 84.6 cm³/mol. The number of aryl methyl sites for hydroxylation is 1. The first-order valence-electron chi connectivity index (χ1n) is 7.01. The molecule has 0 amide bonds. The van der Waals surface area contributed by atoms with Gasteiger partial charge in [0.25, 0.3) is 0 Å². The van der Waals surface area contributed by atoms with Gasteiger partial charge in [0, 0.05) is 5.56 Å². The van der Waals surface area contributed by atoms with E-state index in [1.165, 1.54) is 37.3 Å². The third-order valence-electron chi connectivity index (χ3n) is 3.27. The number of carbonyl (C=O) groups excluding carboxylic acids is 3. The fourth-order valence-corrected chi connectivity index (χ4v) is 1.96. The first kappa shape index (κ1) is 16.3. The number of rotatable bonds is 5. The Kier molecular flexibility index (Phi) is 5.18. The lowest BCUT2D eigenvalue weighted by molar-refractivity contribution is 0.0319. The summed E-state index contributed by atoms with van der Waals surface area (Å²) >= 11 is 0. The van der Waals surface area contributed by atoms with Crippen molar-refractivity contribution in [3.63, 3.8) is 0 Å². The second kappa shape index (κ2) is 7.29. The quantitative estimate of drug-likeness (QED) is 0.367. The van der Waals surface area contributed by atoms with Crippen molar-refractivity contribution in [3.8, 4) is 0 Å². The minimum Gasteiger partial charge on any atom is -0.451 e. The largest absolute Gasteiger partial charge is 0.451 e. The summed E-state index contributed by atoms with van der Waals surface area (Å²) in [5.74, 6) is -0.875. The zero-order valence-corrected chi connectivity index (χ0v) is 12.8. The highest BCUT2D eigenvalue weighted by Crippen LogP contribution is 2.15. The molecular weight excluding hydrogens is 294 g/mol. The van der Waals surface area contributed by atoms with Crippen LogP contribution in [0.5, 0.6) is 0 Å². The van der Waals surface area contributed by atoms with Crippen molar-refractivity contribution in [1.29, 1.82) is 0 Å². The van der Waals surface area contributed by atoms with E-state index in [1.807, 2.05) is 19.1 Å². The number of hydrogen-bond acceptors (Lipinski definition) is 5. The van der Waals surface area contributed by atoms with Crippen LogP contribution in [0.2, 0.25) is 0 Å². The molecule has 0 radical (unpaired) electrons. The van der Waals surface area contributed by atoms with E-state index in [4.69, 9.17) is 4.74 Å². The Morgan fingerprint density at radius 1 is 1.00 bits per heavy atom. The molecule has 116 valence electrons. The zero-order chi connectivity index (χ0) is 16.8. The third kappa shape index (κ3) is 4.22. The molecule has 2 aromatic carbocycles. The first-order valence-corrected chi connectivity index (χ1v) is 7.01. The molecule has 5 nitrogen and oxygen atoms in total. The van der Waals surface area contributed by atoms with Gasteiger partial charge in [-0.2, -0.15) is 4.99 Å². The van der Waals surface area contributed by atoms with Gasteiger partial charge in [0.15, 0.2) is 6.10 Å². The number of esters is 1. The summed E-state index contributed by atoms with van der Waals surface area (Å²) in [6.07, 6.45) is 0.525. The summed E-state index contributed by atoms with van der Waals surface area (Å²) in [6.45, 7) is 3.46. The second-order valence-electron chi connectivity index (χ2n) is 5.03. The topological polar surface area (TPSA) is 72.8 Å². The van der Waals surface area contributed by atoms with E-state index < -0.39 is 12.1 Å². The van der Waals surface area contributed by atoms with Crippen molar-refractivity contribution in [3.05, 3.63) is 65.2 Å². The Hall–Kier alpha value is -3.04. The number of carbonyl (C=O) groups is 2. The molecule has 5 heteroatoms. The average molecular weight is 309 g/mol. The summed E-state index contributed by atoms with van der Waals surface area (Å²) in [4.78, 5) is 37.8. The van der Waals surface area contributed by atoms with Crippen molar-refractivity contribution in [2.75, 3.05) is 0 Å². The summed E-state index contributed by atoms with van der Waals surface area (Å²) in [6, 6.07) is 13.0. The van der Waals surface area contributed by atoms with Crippen LogP contribution in [-0.2, 0) is 9.53 Å². The van der Waals surface area contributed by atoms with Crippen molar-refractivity contribution in [2.24, 2.45) is 4.99 Å². The first-order chi connectivity index (χ1) is 11.0. The second-order valence-corrected chi connectivity index (χ2v) is 5.03. The van der Waals surface area contributed by atoms with Crippen LogP contribution < -0.4 is 0 Å². The van der Waals surface area contributed by atoms with Crippen LogP contribution in [0.1, 0.15) is 33.2 Å². The number of Topliss-reactive ketones (excluding diaryl/α,β-unsaturated/α-hetero) is 1. The van der Waals surface area contributed by atoms with E-state index in [0.717, 1.165) is 5.56 Å². The third-order valence-corrected chi connectivity index (χ3v) is 3.27. The molecule has 0 aliphatic carbocycles. The standard InChI is InChI=1S/C18H15NO4/c1-12-3-5-14(6-4-12)17(21)13(2)23-18(22)15-7-9-16(10-8-15)19-11-20/h3-10,13H,1-2H3. The lowest BCUT2D eigenvalue weighted by Gasteiger charge is -2.12. The molecule has 1 atom stereocenters. The molecule has 0 spiro atoms. The number of ketones is 1. The van der Waals surface area contributed by atoms with Crippen LogP contribution in [0.3, 0.4) is 0 Å². The molecule has 0 aliphatic rings. The molecule has 0 saturated carbocycles. The normalized spacial score (nSPS) is 11.2. The molecule has 0 N–H and O–H groups in total. The predicted octanol–water partition coefficient (Wildman–Crippen LogP) is 3.39. The molecule has 0 bridgehead atoms. The molecule has 2 rings (SSSR count). The maximum atomic E-state index is 12.2. The van der Waals surface area contributed by atoms with Gasteiger partial charge in [-0.1, -0.05) is 29.8 Å². The average Bonchev–Trinajstić information content (AvgIpc) is 2.55. The minimum absolute atomic E-state index is 0.263. The number of isocyanates is 1. The molecular formula is C18H15NO4. The van der Waals surface area contributed by atoms with Gasteiger partial charge in [0.2, 0.25) is 11.9 Å². The van der Waals surface area contributed by atoms with Crippen LogP contribution in [-0.4, -0.2) is 23.9 Å². The SMILES string of the molecule is Cc1ccc(C(=O)C(C)OC(=O)c2ccc(N=C=O)cc2)cc1. The maximum Gasteiger partial charge on any atom is 0.338 e. The Morgan fingerprint density at radius 3 is 2.13 bits per heavy atom. The highest BCUT2D eigenvalue weighted by Gasteiger charge is 2.20. The van der Waals surface area contributed by atoms with E-state index in [2.05, 4.69) is 4.99 Å². The minimum atomic E-state index is -0.891. The van der Waals surface area contributed by atoms with Gasteiger partial charge in [-0.05, 0) is 38.1 Å². The smallest absolute Gasteiger partial charge is 0.338 e. The monoisotopic (exact) mass is 309 g/mol. The van der Waals surface area contributed by atoms with Gasteiger partial charge in [0.1, 0.15) is 0 Å². The number of hydrogen-bond donors (Lipinski definition) is 0.